The Labute approximate surface area is 191 Å². The zero-order valence-corrected chi connectivity index (χ0v) is 19.2. The van der Waals surface area contributed by atoms with Gasteiger partial charge in [-0.05, 0) is 84.9 Å². The molecule has 0 saturated heterocycles. The summed E-state index contributed by atoms with van der Waals surface area (Å²) >= 11 is 0. The van der Waals surface area contributed by atoms with E-state index in [0.29, 0.717) is 16.4 Å². The first-order chi connectivity index (χ1) is 15.6. The number of rotatable bonds is 8. The van der Waals surface area contributed by atoms with Crippen LogP contribution in [-0.4, -0.2) is 24.2 Å². The second-order valence-electron chi connectivity index (χ2n) is 8.33. The van der Waals surface area contributed by atoms with Gasteiger partial charge in [0.2, 0.25) is 4.88 Å². The zero-order chi connectivity index (χ0) is 22.1. The van der Waals surface area contributed by atoms with Crippen LogP contribution >= 0.6 is 10.8 Å². The van der Waals surface area contributed by atoms with Crippen LogP contribution in [0.2, 0.25) is 0 Å². The Morgan fingerprint density at radius 1 is 1.00 bits per heavy atom. The molecule has 5 heteroatoms. The van der Waals surface area contributed by atoms with Crippen molar-refractivity contribution >= 4 is 20.8 Å². The van der Waals surface area contributed by atoms with Crippen LogP contribution in [0.5, 0.6) is 17.2 Å². The summed E-state index contributed by atoms with van der Waals surface area (Å²) in [4.78, 5) is 0.712. The molecule has 4 aromatic rings. The first-order valence-corrected chi connectivity index (χ1v) is 12.2. The molecule has 1 fully saturated rings. The van der Waals surface area contributed by atoms with E-state index < -0.39 is 10.8 Å². The third kappa shape index (κ3) is 4.24. The van der Waals surface area contributed by atoms with Crippen molar-refractivity contribution in [2.75, 3.05) is 13.7 Å². The summed E-state index contributed by atoms with van der Waals surface area (Å²) in [6.07, 6.45) is 3.61. The molecule has 164 valence electrons. The fraction of sp³-hybridized carbons (Fsp3) is 0.259. The summed E-state index contributed by atoms with van der Waals surface area (Å²) in [5, 5.41) is 4.40. The maximum atomic E-state index is 13.6. The maximum Gasteiger partial charge on any atom is 0.223 e. The van der Waals surface area contributed by atoms with Crippen molar-refractivity contribution in [2.45, 2.75) is 32.2 Å². The molecular weight excluding hydrogens is 418 g/mol. The van der Waals surface area contributed by atoms with Crippen LogP contribution in [-0.2, 0) is 6.42 Å². The van der Waals surface area contributed by atoms with Gasteiger partial charge in [0.05, 0.1) is 12.5 Å². The molecule has 5 rings (SSSR count). The fourth-order valence-corrected chi connectivity index (χ4v) is 5.54. The van der Waals surface area contributed by atoms with Gasteiger partial charge in [0.1, 0.15) is 11.5 Å². The summed E-state index contributed by atoms with van der Waals surface area (Å²) in [7, 11) is 0.266. The molecule has 4 nitrogen and oxygen atoms in total. The van der Waals surface area contributed by atoms with Crippen molar-refractivity contribution in [1.82, 2.24) is 5.32 Å². The van der Waals surface area contributed by atoms with Crippen molar-refractivity contribution in [2.24, 2.45) is 0 Å². The first-order valence-electron chi connectivity index (χ1n) is 11.0. The molecule has 1 N–H and O–H groups in total. The Morgan fingerprint density at radius 3 is 2.47 bits per heavy atom. The van der Waals surface area contributed by atoms with E-state index in [1.807, 2.05) is 61.5 Å². The van der Waals surface area contributed by atoms with Crippen molar-refractivity contribution in [3.63, 3.8) is 0 Å². The van der Waals surface area contributed by atoms with Gasteiger partial charge in [-0.25, -0.2) is 0 Å². The third-order valence-corrected chi connectivity index (χ3v) is 7.50. The molecule has 0 spiro atoms. The summed E-state index contributed by atoms with van der Waals surface area (Å²) in [6.45, 7) is 3.03. The molecule has 1 aliphatic rings. The van der Waals surface area contributed by atoms with Crippen LogP contribution in [0.4, 0.5) is 0 Å². The predicted molar refractivity (Wildman–Crippen MR) is 131 cm³/mol. The molecule has 0 radical (unpaired) electrons. The second kappa shape index (κ2) is 8.94. The monoisotopic (exact) mass is 445 g/mol. The highest BCUT2D eigenvalue weighted by atomic mass is 32.2. The molecule has 1 aliphatic carbocycles. The van der Waals surface area contributed by atoms with Gasteiger partial charge in [-0.3, -0.25) is 0 Å². The lowest BCUT2D eigenvalue weighted by Crippen LogP contribution is -2.19. The van der Waals surface area contributed by atoms with E-state index in [2.05, 4.69) is 17.4 Å². The van der Waals surface area contributed by atoms with Crippen molar-refractivity contribution < 1.29 is 14.0 Å². The topological polar surface area (TPSA) is 53.5 Å². The fourth-order valence-electron chi connectivity index (χ4n) is 3.99. The highest BCUT2D eigenvalue weighted by molar-refractivity contribution is 7.35. The van der Waals surface area contributed by atoms with Crippen molar-refractivity contribution in [1.29, 1.82) is 0 Å². The van der Waals surface area contributed by atoms with Gasteiger partial charge in [0.25, 0.3) is 0 Å². The first kappa shape index (κ1) is 21.0. The third-order valence-electron chi connectivity index (χ3n) is 5.98. The smallest absolute Gasteiger partial charge is 0.223 e. The normalized spacial score (nSPS) is 14.0. The van der Waals surface area contributed by atoms with Crippen molar-refractivity contribution in [3.05, 3.63) is 77.9 Å². The maximum absolute atomic E-state index is 13.6. The van der Waals surface area contributed by atoms with Crippen LogP contribution < -0.4 is 14.8 Å². The summed E-state index contributed by atoms with van der Waals surface area (Å²) in [5.74, 6) is 2.08. The number of ether oxygens (including phenoxy) is 2. The van der Waals surface area contributed by atoms with E-state index in [-0.39, 0.29) is 0 Å². The summed E-state index contributed by atoms with van der Waals surface area (Å²) < 4.78 is 26.1. The van der Waals surface area contributed by atoms with Gasteiger partial charge >= 0.3 is 0 Å². The van der Waals surface area contributed by atoms with Gasteiger partial charge in [0.15, 0.2) is 10.4 Å². The number of hydrogen-bond acceptors (Lipinski definition) is 4. The molecule has 1 atom stereocenters. The van der Waals surface area contributed by atoms with Gasteiger partial charge in [0, 0.05) is 17.7 Å². The minimum Gasteiger partial charge on any atom is -0.590 e. The Kier molecular flexibility index (Phi) is 5.87. The Hall–Kier alpha value is -2.86. The van der Waals surface area contributed by atoms with E-state index in [4.69, 9.17) is 9.47 Å². The highest BCUT2D eigenvalue weighted by Gasteiger charge is 2.27. The molecule has 0 aliphatic heterocycles. The van der Waals surface area contributed by atoms with Crippen molar-refractivity contribution in [3.8, 4) is 27.7 Å². The van der Waals surface area contributed by atoms with Crippen LogP contribution in [0.1, 0.15) is 24.0 Å². The number of nitrogens with one attached hydrogen (secondary N) is 1. The summed E-state index contributed by atoms with van der Waals surface area (Å²) in [5.41, 5.74) is 3.28. The number of aryl methyl sites for hydroxylation is 1. The quantitative estimate of drug-likeness (QED) is 0.309. The molecular formula is C27H27NO3S. The highest BCUT2D eigenvalue weighted by Crippen LogP contribution is 2.52. The number of thiophene rings is 1. The summed E-state index contributed by atoms with van der Waals surface area (Å²) in [6, 6.07) is 22.6. The lowest BCUT2D eigenvalue weighted by molar-refractivity contribution is 0.415. The number of hydrogen-bond donors (Lipinski definition) is 1. The second-order valence-corrected chi connectivity index (χ2v) is 9.71. The average molecular weight is 446 g/mol. The van der Waals surface area contributed by atoms with Crippen LogP contribution in [0, 0.1) is 6.92 Å². The van der Waals surface area contributed by atoms with Crippen LogP contribution in [0.3, 0.4) is 0 Å². The number of methoxy groups -OCH3 is 1. The van der Waals surface area contributed by atoms with E-state index in [1.165, 1.54) is 18.4 Å². The minimum absolute atomic E-state index is 0.651. The Balaban J connectivity index is 1.50. The van der Waals surface area contributed by atoms with Gasteiger partial charge < -0.3 is 19.3 Å². The minimum atomic E-state index is -1.35. The van der Waals surface area contributed by atoms with Crippen LogP contribution in [0.25, 0.3) is 20.5 Å². The predicted octanol–water partition coefficient (Wildman–Crippen LogP) is 6.64. The molecule has 3 aromatic carbocycles. The molecule has 1 saturated carbocycles. The molecule has 1 aromatic heterocycles. The lowest BCUT2D eigenvalue weighted by atomic mass is 10.1. The van der Waals surface area contributed by atoms with Gasteiger partial charge in [-0.15, -0.1) is 0 Å². The Bertz CT molecular complexity index is 1240. The van der Waals surface area contributed by atoms with Gasteiger partial charge in [-0.1, -0.05) is 30.3 Å². The molecule has 0 bridgehead atoms. The standard InChI is InChI=1S/C27H27NO3S/c1-18-5-3-4-6-23(18)27-26(24-14-13-22(30-2)17-25(24)32(27)29)31-21-11-7-19(8-12-21)15-16-28-20-9-10-20/h3-8,11-14,17,20,28H,9-10,15-16H2,1-2H3. The Morgan fingerprint density at radius 2 is 1.75 bits per heavy atom. The lowest BCUT2D eigenvalue weighted by Gasteiger charge is -2.09. The number of fused-ring (bicyclic) bond motifs is 1. The SMILES string of the molecule is COc1ccc2c(Oc3ccc(CCNC4CC4)cc3)c(-c3ccccc3C)[s+]([O-])c2c1. The zero-order valence-electron chi connectivity index (χ0n) is 18.4. The molecule has 0 amide bonds. The van der Waals surface area contributed by atoms with E-state index in [9.17, 15) is 4.55 Å². The van der Waals surface area contributed by atoms with Crippen LogP contribution in [0.15, 0.2) is 66.7 Å². The van der Waals surface area contributed by atoms with E-state index >= 15 is 0 Å². The largest absolute Gasteiger partial charge is 0.590 e. The number of benzene rings is 3. The van der Waals surface area contributed by atoms with E-state index in [1.54, 1.807) is 7.11 Å². The van der Waals surface area contributed by atoms with Gasteiger partial charge in [-0.2, -0.15) is 0 Å². The van der Waals surface area contributed by atoms with E-state index in [0.717, 1.165) is 46.0 Å². The molecule has 32 heavy (non-hydrogen) atoms. The molecule has 1 heterocycles. The molecule has 1 unspecified atom stereocenters. The average Bonchev–Trinajstić information content (AvgIpc) is 3.60.